The summed E-state index contributed by atoms with van der Waals surface area (Å²) in [5.74, 6) is 0.103. The number of halogens is 2. The zero-order valence-corrected chi connectivity index (χ0v) is 22.3. The van der Waals surface area contributed by atoms with Gasteiger partial charge in [-0.1, -0.05) is 53.5 Å². The zero-order chi connectivity index (χ0) is 25.2. The molecular weight excluding hydrogens is 515 g/mol. The molecular formula is C27H28Cl2N4O2S. The predicted molar refractivity (Wildman–Crippen MR) is 146 cm³/mol. The molecule has 1 N–H and O–H groups in total. The van der Waals surface area contributed by atoms with E-state index in [1.54, 1.807) is 34.4 Å². The van der Waals surface area contributed by atoms with E-state index in [2.05, 4.69) is 45.9 Å². The summed E-state index contributed by atoms with van der Waals surface area (Å²) in [5, 5.41) is 5.86. The van der Waals surface area contributed by atoms with Crippen LogP contribution in [-0.2, 0) is 11.2 Å². The van der Waals surface area contributed by atoms with Gasteiger partial charge >= 0.3 is 6.03 Å². The molecule has 188 valence electrons. The molecule has 2 atom stereocenters. The second-order valence-electron chi connectivity index (χ2n) is 9.27. The van der Waals surface area contributed by atoms with E-state index in [9.17, 15) is 9.59 Å². The minimum absolute atomic E-state index is 0.0841. The molecule has 1 saturated heterocycles. The fourth-order valence-electron chi connectivity index (χ4n) is 5.09. The molecule has 1 fully saturated rings. The third-order valence-electron chi connectivity index (χ3n) is 6.93. The molecule has 3 aromatic rings. The van der Waals surface area contributed by atoms with Gasteiger partial charge in [-0.15, -0.1) is 11.3 Å². The van der Waals surface area contributed by atoms with E-state index in [0.29, 0.717) is 41.9 Å². The van der Waals surface area contributed by atoms with Crippen molar-refractivity contribution in [2.45, 2.75) is 25.4 Å². The zero-order valence-electron chi connectivity index (χ0n) is 20.0. The molecule has 36 heavy (non-hydrogen) atoms. The molecule has 0 saturated carbocycles. The Morgan fingerprint density at radius 3 is 2.58 bits per heavy atom. The lowest BCUT2D eigenvalue weighted by molar-refractivity contribution is -0.135. The van der Waals surface area contributed by atoms with E-state index in [1.807, 2.05) is 17.9 Å². The second-order valence-corrected chi connectivity index (χ2v) is 11.1. The van der Waals surface area contributed by atoms with E-state index in [0.717, 1.165) is 13.0 Å². The maximum atomic E-state index is 13.4. The first-order valence-electron chi connectivity index (χ1n) is 12.1. The number of urea groups is 1. The summed E-state index contributed by atoms with van der Waals surface area (Å²) in [4.78, 5) is 33.7. The Morgan fingerprint density at radius 1 is 1.03 bits per heavy atom. The van der Waals surface area contributed by atoms with Crippen molar-refractivity contribution in [2.75, 3.05) is 38.0 Å². The summed E-state index contributed by atoms with van der Waals surface area (Å²) >= 11 is 13.8. The maximum absolute atomic E-state index is 13.4. The van der Waals surface area contributed by atoms with Gasteiger partial charge in [0.25, 0.3) is 0 Å². The summed E-state index contributed by atoms with van der Waals surface area (Å²) < 4.78 is 0. The van der Waals surface area contributed by atoms with Crippen molar-refractivity contribution in [1.82, 2.24) is 14.7 Å². The number of fused-ring (bicyclic) bond motifs is 1. The molecule has 2 unspecified atom stereocenters. The van der Waals surface area contributed by atoms with Gasteiger partial charge in [0.15, 0.2) is 0 Å². The van der Waals surface area contributed by atoms with E-state index >= 15 is 0 Å². The van der Waals surface area contributed by atoms with Crippen molar-refractivity contribution in [2.24, 2.45) is 0 Å². The largest absolute Gasteiger partial charge is 0.338 e. The Labute approximate surface area is 225 Å². The molecule has 5 rings (SSSR count). The molecule has 0 radical (unpaired) electrons. The van der Waals surface area contributed by atoms with E-state index in [1.165, 1.54) is 16.0 Å². The topological polar surface area (TPSA) is 55.9 Å². The highest BCUT2D eigenvalue weighted by Gasteiger charge is 2.34. The van der Waals surface area contributed by atoms with Crippen LogP contribution in [0, 0.1) is 0 Å². The molecule has 0 aliphatic carbocycles. The van der Waals surface area contributed by atoms with Crippen molar-refractivity contribution in [3.63, 3.8) is 0 Å². The number of hydrogen-bond donors (Lipinski definition) is 1. The highest BCUT2D eigenvalue weighted by molar-refractivity contribution is 7.10. The number of anilines is 1. The Balaban J connectivity index is 1.23. The van der Waals surface area contributed by atoms with Crippen molar-refractivity contribution < 1.29 is 9.59 Å². The Kier molecular flexibility index (Phi) is 7.53. The third kappa shape index (κ3) is 5.25. The van der Waals surface area contributed by atoms with Gasteiger partial charge in [0, 0.05) is 42.8 Å². The number of rotatable bonds is 4. The summed E-state index contributed by atoms with van der Waals surface area (Å²) in [6.45, 7) is 4.65. The Morgan fingerprint density at radius 2 is 1.83 bits per heavy atom. The van der Waals surface area contributed by atoms with Crippen LogP contribution in [0.15, 0.2) is 60.0 Å². The monoisotopic (exact) mass is 542 g/mol. The van der Waals surface area contributed by atoms with Crippen LogP contribution in [0.2, 0.25) is 10.0 Å². The normalized spacial score (nSPS) is 20.2. The van der Waals surface area contributed by atoms with Crippen LogP contribution in [0.5, 0.6) is 0 Å². The van der Waals surface area contributed by atoms with Crippen molar-refractivity contribution in [3.8, 4) is 0 Å². The number of thiophene rings is 1. The number of carbonyl (C=O) groups excluding carboxylic acids is 2. The summed E-state index contributed by atoms with van der Waals surface area (Å²) in [5.41, 5.74) is 3.11. The van der Waals surface area contributed by atoms with Gasteiger partial charge in [0.1, 0.15) is 0 Å². The standard InChI is InChI=1S/C27H28Cl2N4O2S/c1-18-16-31(12-13-33(18)27(35)30-20-7-8-22(28)23(29)15-20)25(34)17-32-11-9-24-21(10-14-36-24)26(32)19-5-3-2-4-6-19/h2-8,10,14-15,18,26H,9,11-13,16-17H2,1H3,(H,30,35). The Hall–Kier alpha value is -2.58. The predicted octanol–water partition coefficient (Wildman–Crippen LogP) is 5.77. The highest BCUT2D eigenvalue weighted by Crippen LogP contribution is 2.37. The summed E-state index contributed by atoms with van der Waals surface area (Å²) in [7, 11) is 0. The lowest BCUT2D eigenvalue weighted by Gasteiger charge is -2.41. The lowest BCUT2D eigenvalue weighted by atomic mass is 9.93. The average molecular weight is 544 g/mol. The first-order valence-corrected chi connectivity index (χ1v) is 13.7. The van der Waals surface area contributed by atoms with Gasteiger partial charge in [-0.2, -0.15) is 0 Å². The number of carbonyl (C=O) groups is 2. The molecule has 2 aromatic carbocycles. The van der Waals surface area contributed by atoms with E-state index in [-0.39, 0.29) is 24.0 Å². The summed E-state index contributed by atoms with van der Waals surface area (Å²) in [6, 6.07) is 17.4. The van der Waals surface area contributed by atoms with Crippen molar-refractivity contribution in [3.05, 3.63) is 86.0 Å². The number of nitrogens with one attached hydrogen (secondary N) is 1. The molecule has 0 bridgehead atoms. The van der Waals surface area contributed by atoms with Crippen LogP contribution in [0.4, 0.5) is 10.5 Å². The molecule has 1 aromatic heterocycles. The van der Waals surface area contributed by atoms with Crippen LogP contribution in [0.3, 0.4) is 0 Å². The fraction of sp³-hybridized carbons (Fsp3) is 0.333. The van der Waals surface area contributed by atoms with Crippen molar-refractivity contribution in [1.29, 1.82) is 0 Å². The second kappa shape index (κ2) is 10.8. The number of benzene rings is 2. The fourth-order valence-corrected chi connectivity index (χ4v) is 6.29. The maximum Gasteiger partial charge on any atom is 0.322 e. The van der Waals surface area contributed by atoms with Crippen LogP contribution in [0.1, 0.15) is 29.0 Å². The number of amides is 3. The van der Waals surface area contributed by atoms with Crippen LogP contribution >= 0.6 is 34.5 Å². The van der Waals surface area contributed by atoms with Crippen LogP contribution < -0.4 is 5.32 Å². The quantitative estimate of drug-likeness (QED) is 0.455. The SMILES string of the molecule is CC1CN(C(=O)CN2CCc3sccc3C2c2ccccc2)CCN1C(=O)Nc1ccc(Cl)c(Cl)c1. The number of nitrogens with zero attached hydrogens (tertiary/aromatic N) is 3. The average Bonchev–Trinajstić information content (AvgIpc) is 3.35. The highest BCUT2D eigenvalue weighted by atomic mass is 35.5. The van der Waals surface area contributed by atoms with Crippen LogP contribution in [-0.4, -0.2) is 65.4 Å². The lowest BCUT2D eigenvalue weighted by Crippen LogP contribution is -2.58. The van der Waals surface area contributed by atoms with Crippen LogP contribution in [0.25, 0.3) is 0 Å². The molecule has 6 nitrogen and oxygen atoms in total. The minimum atomic E-state index is -0.210. The first-order chi connectivity index (χ1) is 17.4. The van der Waals surface area contributed by atoms with E-state index in [4.69, 9.17) is 23.2 Å². The van der Waals surface area contributed by atoms with E-state index < -0.39 is 0 Å². The Bertz CT molecular complexity index is 1250. The van der Waals surface area contributed by atoms with Crippen molar-refractivity contribution >= 4 is 52.2 Å². The molecule has 2 aliphatic heterocycles. The minimum Gasteiger partial charge on any atom is -0.338 e. The van der Waals surface area contributed by atoms with Gasteiger partial charge in [-0.05, 0) is 54.1 Å². The smallest absolute Gasteiger partial charge is 0.322 e. The number of piperazine rings is 1. The number of hydrogen-bond acceptors (Lipinski definition) is 4. The van der Waals surface area contributed by atoms with Gasteiger partial charge in [-0.25, -0.2) is 4.79 Å². The van der Waals surface area contributed by atoms with Gasteiger partial charge in [-0.3, -0.25) is 9.69 Å². The molecule has 2 aliphatic rings. The molecule has 0 spiro atoms. The van der Waals surface area contributed by atoms with Gasteiger partial charge < -0.3 is 15.1 Å². The molecule has 3 heterocycles. The molecule has 3 amide bonds. The summed E-state index contributed by atoms with van der Waals surface area (Å²) in [6.07, 6.45) is 0.961. The third-order valence-corrected chi connectivity index (χ3v) is 8.67. The first kappa shape index (κ1) is 25.1. The molecule has 9 heteroatoms. The van der Waals surface area contributed by atoms with Gasteiger partial charge in [0.2, 0.25) is 5.91 Å². The van der Waals surface area contributed by atoms with Gasteiger partial charge in [0.05, 0.1) is 22.6 Å².